The van der Waals surface area contributed by atoms with E-state index in [1.54, 1.807) is 14.2 Å². The number of amides is 1. The Balaban J connectivity index is 2.10. The third kappa shape index (κ3) is 4.99. The Morgan fingerprint density at radius 2 is 1.71 bits per heavy atom. The molecule has 0 atom stereocenters. The summed E-state index contributed by atoms with van der Waals surface area (Å²) in [5.41, 5.74) is 5.33. The van der Waals surface area contributed by atoms with Gasteiger partial charge in [0, 0.05) is 13.2 Å². The Kier molecular flexibility index (Phi) is 7.51. The lowest BCUT2D eigenvalue weighted by molar-refractivity contribution is -0.117. The monoisotopic (exact) mass is 442 g/mol. The zero-order valence-electron chi connectivity index (χ0n) is 19.1. The van der Waals surface area contributed by atoms with Gasteiger partial charge in [0.15, 0.2) is 4.80 Å². The molecule has 3 aromatic rings. The zero-order valence-corrected chi connectivity index (χ0v) is 19.9. The lowest BCUT2D eigenvalue weighted by Gasteiger charge is -2.10. The smallest absolute Gasteiger partial charge is 0.252 e. The number of hydrogen-bond acceptors (Lipinski definition) is 5. The van der Waals surface area contributed by atoms with Gasteiger partial charge in [-0.2, -0.15) is 4.99 Å². The molecule has 0 unspecified atom stereocenters. The van der Waals surface area contributed by atoms with E-state index in [9.17, 15) is 4.79 Å². The Labute approximate surface area is 187 Å². The highest BCUT2D eigenvalue weighted by Gasteiger charge is 2.17. The van der Waals surface area contributed by atoms with Gasteiger partial charge in [-0.25, -0.2) is 0 Å². The highest BCUT2D eigenvalue weighted by atomic mass is 32.1. The summed E-state index contributed by atoms with van der Waals surface area (Å²) in [5, 5.41) is 0. The average molecular weight is 443 g/mol. The molecule has 2 aromatic carbocycles. The maximum atomic E-state index is 13.0. The normalized spacial score (nSPS) is 11.9. The summed E-state index contributed by atoms with van der Waals surface area (Å²) in [7, 11) is 3.27. The number of methoxy groups -OCH3 is 2. The van der Waals surface area contributed by atoms with Crippen LogP contribution < -0.4 is 14.3 Å². The molecule has 0 aliphatic rings. The second-order valence-corrected chi connectivity index (χ2v) is 8.42. The molecule has 0 N–H and O–H groups in total. The van der Waals surface area contributed by atoms with Crippen LogP contribution in [0.2, 0.25) is 0 Å². The van der Waals surface area contributed by atoms with Crippen molar-refractivity contribution in [2.24, 2.45) is 4.99 Å². The molecule has 0 aliphatic carbocycles. The number of ether oxygens (including phenoxy) is 3. The minimum absolute atomic E-state index is 0.176. The summed E-state index contributed by atoms with van der Waals surface area (Å²) in [5.74, 6) is 1.26. The van der Waals surface area contributed by atoms with Crippen LogP contribution >= 0.6 is 11.3 Å². The topological polar surface area (TPSA) is 62.1 Å². The van der Waals surface area contributed by atoms with Crippen molar-refractivity contribution in [3.05, 3.63) is 51.3 Å². The SMILES string of the molecule is CCOCCn1c(=NC(=O)Cc2c(C)cc(C)cc2C)sc2c(OC)ccc(OC)c21. The van der Waals surface area contributed by atoms with Crippen LogP contribution in [0.15, 0.2) is 29.3 Å². The van der Waals surface area contributed by atoms with E-state index in [4.69, 9.17) is 14.2 Å². The van der Waals surface area contributed by atoms with Crippen molar-refractivity contribution in [1.29, 1.82) is 0 Å². The van der Waals surface area contributed by atoms with Crippen molar-refractivity contribution in [3.8, 4) is 11.5 Å². The van der Waals surface area contributed by atoms with Gasteiger partial charge in [-0.1, -0.05) is 29.0 Å². The van der Waals surface area contributed by atoms with E-state index in [-0.39, 0.29) is 12.3 Å². The summed E-state index contributed by atoms with van der Waals surface area (Å²) in [4.78, 5) is 18.1. The van der Waals surface area contributed by atoms with Gasteiger partial charge in [-0.15, -0.1) is 0 Å². The van der Waals surface area contributed by atoms with Gasteiger partial charge >= 0.3 is 0 Å². The highest BCUT2D eigenvalue weighted by molar-refractivity contribution is 7.16. The standard InChI is InChI=1S/C24H30N2O4S/c1-7-30-11-10-26-22-19(28-5)8-9-20(29-6)23(22)31-24(26)25-21(27)14-18-16(3)12-15(2)13-17(18)4/h8-9,12-13H,7,10-11,14H2,1-6H3. The first-order valence-electron chi connectivity index (χ1n) is 10.4. The number of hydrogen-bond donors (Lipinski definition) is 0. The van der Waals surface area contributed by atoms with E-state index in [1.807, 2.05) is 37.5 Å². The zero-order chi connectivity index (χ0) is 22.5. The Morgan fingerprint density at radius 3 is 2.32 bits per heavy atom. The number of benzene rings is 2. The molecule has 0 radical (unpaired) electrons. The number of thiazole rings is 1. The van der Waals surface area contributed by atoms with Crippen molar-refractivity contribution >= 4 is 27.5 Å². The van der Waals surface area contributed by atoms with Gasteiger partial charge in [0.1, 0.15) is 21.7 Å². The lowest BCUT2D eigenvalue weighted by atomic mass is 9.97. The first-order valence-corrected chi connectivity index (χ1v) is 11.2. The van der Waals surface area contributed by atoms with Crippen LogP contribution in [0.1, 0.15) is 29.2 Å². The number of carbonyl (C=O) groups excluding carboxylic acids is 1. The summed E-state index contributed by atoms with van der Waals surface area (Å²) in [6, 6.07) is 7.95. The van der Waals surface area contributed by atoms with Crippen LogP contribution in [0.25, 0.3) is 10.2 Å². The van der Waals surface area contributed by atoms with Gasteiger partial charge in [0.05, 0.1) is 27.2 Å². The molecule has 1 heterocycles. The molecular weight excluding hydrogens is 412 g/mol. The van der Waals surface area contributed by atoms with Gasteiger partial charge in [-0.3, -0.25) is 4.79 Å². The second-order valence-electron chi connectivity index (χ2n) is 7.44. The van der Waals surface area contributed by atoms with Gasteiger partial charge in [0.25, 0.3) is 5.91 Å². The van der Waals surface area contributed by atoms with E-state index in [1.165, 1.54) is 16.9 Å². The molecule has 1 aromatic heterocycles. The fourth-order valence-electron chi connectivity index (χ4n) is 3.83. The Morgan fingerprint density at radius 1 is 1.06 bits per heavy atom. The predicted molar refractivity (Wildman–Crippen MR) is 124 cm³/mol. The van der Waals surface area contributed by atoms with Gasteiger partial charge in [-0.05, 0) is 56.5 Å². The molecule has 3 rings (SSSR count). The van der Waals surface area contributed by atoms with E-state index in [0.717, 1.165) is 32.7 Å². The molecule has 0 fully saturated rings. The number of rotatable bonds is 8. The van der Waals surface area contributed by atoms with Crippen LogP contribution in [-0.4, -0.2) is 37.9 Å². The molecule has 0 saturated heterocycles. The van der Waals surface area contributed by atoms with Crippen LogP contribution in [0.5, 0.6) is 11.5 Å². The van der Waals surface area contributed by atoms with Crippen molar-refractivity contribution < 1.29 is 19.0 Å². The minimum Gasteiger partial charge on any atom is -0.495 e. The van der Waals surface area contributed by atoms with E-state index < -0.39 is 0 Å². The fourth-order valence-corrected chi connectivity index (χ4v) is 5.02. The van der Waals surface area contributed by atoms with E-state index >= 15 is 0 Å². The van der Waals surface area contributed by atoms with Gasteiger partial charge in [0.2, 0.25) is 0 Å². The summed E-state index contributed by atoms with van der Waals surface area (Å²) >= 11 is 1.43. The van der Waals surface area contributed by atoms with Crippen molar-refractivity contribution in [2.45, 2.75) is 40.7 Å². The molecule has 0 saturated carbocycles. The Hall–Kier alpha value is -2.64. The molecule has 0 aliphatic heterocycles. The maximum Gasteiger partial charge on any atom is 0.252 e. The fraction of sp³-hybridized carbons (Fsp3) is 0.417. The largest absolute Gasteiger partial charge is 0.495 e. The third-order valence-electron chi connectivity index (χ3n) is 5.24. The summed E-state index contributed by atoms with van der Waals surface area (Å²) in [6.07, 6.45) is 0.270. The number of fused-ring (bicyclic) bond motifs is 1. The molecule has 166 valence electrons. The molecule has 1 amide bonds. The number of nitrogens with zero attached hydrogens (tertiary/aromatic N) is 2. The van der Waals surface area contributed by atoms with Crippen LogP contribution in [0.3, 0.4) is 0 Å². The third-order valence-corrected chi connectivity index (χ3v) is 6.34. The highest BCUT2D eigenvalue weighted by Crippen LogP contribution is 2.35. The average Bonchev–Trinajstić information content (AvgIpc) is 3.08. The van der Waals surface area contributed by atoms with Crippen molar-refractivity contribution in [3.63, 3.8) is 0 Å². The number of carbonyl (C=O) groups is 1. The number of aromatic nitrogens is 1. The first-order chi connectivity index (χ1) is 14.9. The molecule has 6 nitrogen and oxygen atoms in total. The van der Waals surface area contributed by atoms with Crippen molar-refractivity contribution in [1.82, 2.24) is 4.57 Å². The summed E-state index contributed by atoms with van der Waals surface area (Å²) in [6.45, 7) is 9.81. The molecule has 0 spiro atoms. The molecule has 7 heteroatoms. The predicted octanol–water partition coefficient (Wildman–Crippen LogP) is 4.35. The quantitative estimate of drug-likeness (QED) is 0.487. The van der Waals surface area contributed by atoms with Crippen LogP contribution in [0.4, 0.5) is 0 Å². The van der Waals surface area contributed by atoms with E-state index in [0.29, 0.717) is 30.3 Å². The summed E-state index contributed by atoms with van der Waals surface area (Å²) < 4.78 is 19.6. The minimum atomic E-state index is -0.176. The van der Waals surface area contributed by atoms with Crippen molar-refractivity contribution in [2.75, 3.05) is 27.4 Å². The van der Waals surface area contributed by atoms with Crippen LogP contribution in [-0.2, 0) is 22.5 Å². The first kappa shape index (κ1) is 23.0. The molecule has 31 heavy (non-hydrogen) atoms. The molecule has 0 bridgehead atoms. The second kappa shape index (κ2) is 10.1. The van der Waals surface area contributed by atoms with Crippen LogP contribution in [0, 0.1) is 20.8 Å². The molecular formula is C24H30N2O4S. The van der Waals surface area contributed by atoms with Gasteiger partial charge < -0.3 is 18.8 Å². The maximum absolute atomic E-state index is 13.0. The van der Waals surface area contributed by atoms with E-state index in [2.05, 4.69) is 24.0 Å². The lowest BCUT2D eigenvalue weighted by Crippen LogP contribution is -2.20. The number of aryl methyl sites for hydroxylation is 3. The Bertz CT molecular complexity index is 1140.